The highest BCUT2D eigenvalue weighted by Crippen LogP contribution is 2.28. The predicted molar refractivity (Wildman–Crippen MR) is 57.4 cm³/mol. The number of thiophene rings is 1. The number of hydrogen-bond donors (Lipinski definition) is 0. The number of halogens is 1. The molecule has 1 heterocycles. The quantitative estimate of drug-likeness (QED) is 0.758. The second-order valence-electron chi connectivity index (χ2n) is 3.01. The van der Waals surface area contributed by atoms with Crippen molar-refractivity contribution in [1.29, 1.82) is 0 Å². The van der Waals surface area contributed by atoms with Crippen LogP contribution in [0.1, 0.15) is 15.1 Å². The summed E-state index contributed by atoms with van der Waals surface area (Å²) in [6.07, 6.45) is 1.20. The molecule has 0 aliphatic carbocycles. The molecule has 0 bridgehead atoms. The Morgan fingerprint density at radius 3 is 2.54 bits per heavy atom. The number of alkyl halides is 1. The normalized spacial score (nSPS) is 14.4. The highest BCUT2D eigenvalue weighted by Gasteiger charge is 2.15. The van der Waals surface area contributed by atoms with Gasteiger partial charge in [0.15, 0.2) is 0 Å². The predicted octanol–water partition coefficient (Wildman–Crippen LogP) is 2.38. The lowest BCUT2D eigenvalue weighted by atomic mass is 10.3. The largest absolute Gasteiger partial charge is 0.229 e. The van der Waals surface area contributed by atoms with Gasteiger partial charge < -0.3 is 0 Å². The van der Waals surface area contributed by atoms with Crippen LogP contribution in [0, 0.1) is 6.92 Å². The Morgan fingerprint density at radius 2 is 2.15 bits per heavy atom. The summed E-state index contributed by atoms with van der Waals surface area (Å²) in [6.45, 7) is 1.97. The minimum atomic E-state index is -2.99. The molecule has 0 N–H and O–H groups in total. The van der Waals surface area contributed by atoms with Gasteiger partial charge in [0.1, 0.15) is 9.84 Å². The van der Waals surface area contributed by atoms with Crippen molar-refractivity contribution in [3.05, 3.63) is 21.9 Å². The molecule has 0 fully saturated rings. The molecular weight excluding hydrogens is 228 g/mol. The van der Waals surface area contributed by atoms with Crippen LogP contribution >= 0.6 is 22.9 Å². The van der Waals surface area contributed by atoms with Crippen LogP contribution in [-0.2, 0) is 9.84 Å². The number of hydrogen-bond acceptors (Lipinski definition) is 3. The van der Waals surface area contributed by atoms with Crippen molar-refractivity contribution < 1.29 is 8.42 Å². The maximum Gasteiger partial charge on any atom is 0.149 e. The SMILES string of the molecule is Cc1ccc(C(Cl)CS(C)(=O)=O)s1. The Bertz CT molecular complexity index is 381. The molecule has 13 heavy (non-hydrogen) atoms. The van der Waals surface area contributed by atoms with Crippen molar-refractivity contribution in [2.45, 2.75) is 12.3 Å². The van der Waals surface area contributed by atoms with Gasteiger partial charge in [-0.1, -0.05) is 0 Å². The molecule has 0 aliphatic heterocycles. The summed E-state index contributed by atoms with van der Waals surface area (Å²) < 4.78 is 21.9. The molecule has 0 saturated carbocycles. The first-order valence-corrected chi connectivity index (χ1v) is 7.08. The van der Waals surface area contributed by atoms with Gasteiger partial charge in [0.25, 0.3) is 0 Å². The lowest BCUT2D eigenvalue weighted by Crippen LogP contribution is -2.07. The van der Waals surface area contributed by atoms with Gasteiger partial charge in [-0.2, -0.15) is 0 Å². The molecule has 74 valence electrons. The first kappa shape index (κ1) is 11.0. The molecule has 0 aliphatic rings. The van der Waals surface area contributed by atoms with Gasteiger partial charge in [-0.15, -0.1) is 22.9 Å². The van der Waals surface area contributed by atoms with Crippen molar-refractivity contribution >= 4 is 32.8 Å². The van der Waals surface area contributed by atoms with E-state index < -0.39 is 15.2 Å². The van der Waals surface area contributed by atoms with Gasteiger partial charge in [-0.25, -0.2) is 8.42 Å². The summed E-state index contributed by atoms with van der Waals surface area (Å²) in [4.78, 5) is 2.07. The van der Waals surface area contributed by atoms with Crippen molar-refractivity contribution in [3.8, 4) is 0 Å². The fraction of sp³-hybridized carbons (Fsp3) is 0.500. The second kappa shape index (κ2) is 3.98. The van der Waals surface area contributed by atoms with Gasteiger partial charge >= 0.3 is 0 Å². The lowest BCUT2D eigenvalue weighted by Gasteiger charge is -2.04. The molecular formula is C8H11ClO2S2. The number of aryl methyl sites for hydroxylation is 1. The molecule has 1 aromatic heterocycles. The maximum absolute atomic E-state index is 10.9. The van der Waals surface area contributed by atoms with Crippen molar-refractivity contribution in [2.75, 3.05) is 12.0 Å². The van der Waals surface area contributed by atoms with E-state index in [1.54, 1.807) is 11.3 Å². The topological polar surface area (TPSA) is 34.1 Å². The van der Waals surface area contributed by atoms with E-state index in [0.717, 1.165) is 9.75 Å². The van der Waals surface area contributed by atoms with Crippen LogP contribution in [0.3, 0.4) is 0 Å². The Labute approximate surface area is 87.5 Å². The lowest BCUT2D eigenvalue weighted by molar-refractivity contribution is 0.600. The zero-order valence-electron chi connectivity index (χ0n) is 7.45. The van der Waals surface area contributed by atoms with Crippen LogP contribution in [0.15, 0.2) is 12.1 Å². The standard InChI is InChI=1S/C8H11ClO2S2/c1-6-3-4-8(12-6)7(9)5-13(2,10)11/h3-4,7H,5H2,1-2H3. The molecule has 0 spiro atoms. The van der Waals surface area contributed by atoms with E-state index in [2.05, 4.69) is 0 Å². The molecule has 1 atom stereocenters. The van der Waals surface area contributed by atoms with Crippen molar-refractivity contribution in [2.24, 2.45) is 0 Å². The minimum Gasteiger partial charge on any atom is -0.229 e. The molecule has 0 radical (unpaired) electrons. The van der Waals surface area contributed by atoms with Crippen LogP contribution in [0.4, 0.5) is 0 Å². The Morgan fingerprint density at radius 1 is 1.54 bits per heavy atom. The summed E-state index contributed by atoms with van der Waals surface area (Å²) in [7, 11) is -2.99. The van der Waals surface area contributed by atoms with E-state index in [0.29, 0.717) is 0 Å². The van der Waals surface area contributed by atoms with E-state index in [4.69, 9.17) is 11.6 Å². The van der Waals surface area contributed by atoms with E-state index in [9.17, 15) is 8.42 Å². The van der Waals surface area contributed by atoms with Gasteiger partial charge in [0.2, 0.25) is 0 Å². The monoisotopic (exact) mass is 238 g/mol. The Kier molecular flexibility index (Phi) is 3.38. The molecule has 1 aromatic rings. The van der Waals surface area contributed by atoms with E-state index in [-0.39, 0.29) is 5.75 Å². The molecule has 5 heteroatoms. The number of rotatable bonds is 3. The second-order valence-corrected chi connectivity index (χ2v) is 7.04. The smallest absolute Gasteiger partial charge is 0.149 e. The van der Waals surface area contributed by atoms with Gasteiger partial charge in [0, 0.05) is 16.0 Å². The fourth-order valence-corrected chi connectivity index (χ4v) is 3.53. The Hall–Kier alpha value is -0.0600. The average Bonchev–Trinajstić information content (AvgIpc) is 2.31. The highest BCUT2D eigenvalue weighted by atomic mass is 35.5. The summed E-state index contributed by atoms with van der Waals surface area (Å²) in [5.74, 6) is 0.00844. The van der Waals surface area contributed by atoms with E-state index >= 15 is 0 Å². The minimum absolute atomic E-state index is 0.00844. The van der Waals surface area contributed by atoms with Crippen LogP contribution in [0.5, 0.6) is 0 Å². The van der Waals surface area contributed by atoms with Crippen LogP contribution < -0.4 is 0 Å². The summed E-state index contributed by atoms with van der Waals surface area (Å²) in [6, 6.07) is 3.82. The first-order chi connectivity index (χ1) is 5.88. The van der Waals surface area contributed by atoms with Gasteiger partial charge in [0.05, 0.1) is 11.1 Å². The third-order valence-electron chi connectivity index (χ3n) is 1.52. The molecule has 2 nitrogen and oxygen atoms in total. The summed E-state index contributed by atoms with van der Waals surface area (Å²) in [5, 5.41) is -0.409. The Balaban J connectivity index is 2.75. The molecule has 1 rings (SSSR count). The number of sulfone groups is 1. The highest BCUT2D eigenvalue weighted by molar-refractivity contribution is 7.90. The summed E-state index contributed by atoms with van der Waals surface area (Å²) in [5.41, 5.74) is 0. The van der Waals surface area contributed by atoms with Crippen molar-refractivity contribution in [3.63, 3.8) is 0 Å². The zero-order chi connectivity index (χ0) is 10.1. The zero-order valence-corrected chi connectivity index (χ0v) is 9.84. The fourth-order valence-electron chi connectivity index (χ4n) is 0.970. The molecule has 0 aromatic carbocycles. The summed E-state index contributed by atoms with van der Waals surface area (Å²) >= 11 is 7.48. The molecule has 0 amide bonds. The van der Waals surface area contributed by atoms with Crippen LogP contribution in [0.25, 0.3) is 0 Å². The van der Waals surface area contributed by atoms with E-state index in [1.807, 2.05) is 19.1 Å². The van der Waals surface area contributed by atoms with Gasteiger partial charge in [-0.05, 0) is 19.1 Å². The molecule has 0 saturated heterocycles. The third kappa shape index (κ3) is 3.67. The third-order valence-corrected chi connectivity index (χ3v) is 4.27. The van der Waals surface area contributed by atoms with Crippen molar-refractivity contribution in [1.82, 2.24) is 0 Å². The molecule has 1 unspecified atom stereocenters. The average molecular weight is 239 g/mol. The van der Waals surface area contributed by atoms with E-state index in [1.165, 1.54) is 6.26 Å². The first-order valence-electron chi connectivity index (χ1n) is 3.76. The van der Waals surface area contributed by atoms with Crippen LogP contribution in [0.2, 0.25) is 0 Å². The maximum atomic E-state index is 10.9. The van der Waals surface area contributed by atoms with Crippen LogP contribution in [-0.4, -0.2) is 20.4 Å². The van der Waals surface area contributed by atoms with Gasteiger partial charge in [-0.3, -0.25) is 0 Å².